The van der Waals surface area contributed by atoms with Gasteiger partial charge in [0.15, 0.2) is 5.82 Å². The molecule has 188 valence electrons. The van der Waals surface area contributed by atoms with Crippen molar-refractivity contribution in [1.29, 1.82) is 0 Å². The number of halogens is 2. The number of nitrogens with one attached hydrogen (secondary N) is 4. The second-order valence-electron chi connectivity index (χ2n) is 7.83. The van der Waals surface area contributed by atoms with E-state index >= 15 is 0 Å². The van der Waals surface area contributed by atoms with Crippen LogP contribution in [0.4, 0.5) is 33.2 Å². The van der Waals surface area contributed by atoms with Crippen molar-refractivity contribution in [2.45, 2.75) is 6.54 Å². The molecule has 0 unspecified atom stereocenters. The van der Waals surface area contributed by atoms with Gasteiger partial charge in [0.05, 0.1) is 30.2 Å². The largest absolute Gasteiger partial charge is 0.355 e. The van der Waals surface area contributed by atoms with Gasteiger partial charge >= 0.3 is 0 Å². The fourth-order valence-electron chi connectivity index (χ4n) is 3.48. The van der Waals surface area contributed by atoms with Gasteiger partial charge in [0.2, 0.25) is 21.9 Å². The van der Waals surface area contributed by atoms with E-state index in [9.17, 15) is 22.4 Å². The first-order valence-electron chi connectivity index (χ1n) is 10.5. The van der Waals surface area contributed by atoms with Crippen LogP contribution in [0.1, 0.15) is 15.9 Å². The Morgan fingerprint density at radius 1 is 1.19 bits per heavy atom. The minimum atomic E-state index is -3.57. The van der Waals surface area contributed by atoms with E-state index in [2.05, 4.69) is 31.2 Å². The van der Waals surface area contributed by atoms with Gasteiger partial charge in [-0.25, -0.2) is 17.8 Å². The molecule has 3 aromatic rings. The van der Waals surface area contributed by atoms with Crippen LogP contribution in [0.5, 0.6) is 0 Å². The maximum Gasteiger partial charge on any atom is 0.253 e. The molecule has 4 N–H and O–H groups in total. The van der Waals surface area contributed by atoms with Gasteiger partial charge < -0.3 is 21.3 Å². The summed E-state index contributed by atoms with van der Waals surface area (Å²) in [6, 6.07) is 9.01. The van der Waals surface area contributed by atoms with Crippen LogP contribution in [0.3, 0.4) is 0 Å². The Morgan fingerprint density at radius 3 is 2.69 bits per heavy atom. The molecule has 2 amide bonds. The topological polar surface area (TPSA) is 145 Å². The van der Waals surface area contributed by atoms with Crippen molar-refractivity contribution < 1.29 is 22.4 Å². The second-order valence-corrected chi connectivity index (χ2v) is 10.2. The lowest BCUT2D eigenvalue weighted by molar-refractivity contribution is -0.116. The number of rotatable bonds is 6. The zero-order chi connectivity index (χ0) is 26.0. The third kappa shape index (κ3) is 5.53. The van der Waals surface area contributed by atoms with Crippen LogP contribution in [0.25, 0.3) is 0 Å². The van der Waals surface area contributed by atoms with Gasteiger partial charge in [-0.2, -0.15) is 9.29 Å². The van der Waals surface area contributed by atoms with Gasteiger partial charge in [-0.15, -0.1) is 0 Å². The number of hydrogen-bond donors (Lipinski definition) is 4. The molecule has 0 bridgehead atoms. The molecule has 11 nitrogen and oxygen atoms in total. The molecule has 0 aliphatic carbocycles. The van der Waals surface area contributed by atoms with Crippen LogP contribution < -0.4 is 21.3 Å². The molecule has 2 aromatic carbocycles. The first kappa shape index (κ1) is 25.3. The van der Waals surface area contributed by atoms with Crippen molar-refractivity contribution in [2.75, 3.05) is 35.8 Å². The number of anilines is 5. The standard InChI is InChI=1S/C22H21ClFN7O4S/c1-25-21(33)14-4-3-5-16(24)19(14)29-20-15(23)9-26-22(30-20)27-13-7-6-12-10-31(36(2,34)35)11-18(32)28-17(12)8-13/h3-9H,10-11H2,1-2H3,(H,25,33)(H,28,32)(H2,26,27,29,30). The Hall–Kier alpha value is -3.81. The van der Waals surface area contributed by atoms with E-state index in [1.807, 2.05) is 0 Å². The third-order valence-corrected chi connectivity index (χ3v) is 6.72. The van der Waals surface area contributed by atoms with E-state index in [4.69, 9.17) is 11.6 Å². The lowest BCUT2D eigenvalue weighted by Gasteiger charge is -2.16. The fourth-order valence-corrected chi connectivity index (χ4v) is 4.34. The molecular weight excluding hydrogens is 513 g/mol. The highest BCUT2D eigenvalue weighted by molar-refractivity contribution is 7.88. The van der Waals surface area contributed by atoms with E-state index in [1.54, 1.807) is 18.2 Å². The summed E-state index contributed by atoms with van der Waals surface area (Å²) in [6.07, 6.45) is 2.35. The van der Waals surface area contributed by atoms with Crippen LogP contribution in [-0.4, -0.2) is 54.4 Å². The lowest BCUT2D eigenvalue weighted by atomic mass is 10.1. The summed E-state index contributed by atoms with van der Waals surface area (Å²) in [6.45, 7) is -0.255. The minimum Gasteiger partial charge on any atom is -0.355 e. The van der Waals surface area contributed by atoms with E-state index in [0.29, 0.717) is 16.9 Å². The van der Waals surface area contributed by atoms with Crippen molar-refractivity contribution in [2.24, 2.45) is 0 Å². The molecule has 1 aliphatic rings. The average Bonchev–Trinajstić information content (AvgIpc) is 2.99. The van der Waals surface area contributed by atoms with Crippen LogP contribution in [0, 0.1) is 5.82 Å². The molecule has 0 saturated carbocycles. The van der Waals surface area contributed by atoms with Crippen molar-refractivity contribution >= 4 is 62.3 Å². The van der Waals surface area contributed by atoms with Crippen molar-refractivity contribution in [3.63, 3.8) is 0 Å². The molecule has 1 aromatic heterocycles. The fraction of sp³-hybridized carbons (Fsp3) is 0.182. The first-order chi connectivity index (χ1) is 17.0. The first-order valence-corrected chi connectivity index (χ1v) is 12.7. The van der Waals surface area contributed by atoms with E-state index in [-0.39, 0.29) is 41.1 Å². The Bertz CT molecular complexity index is 1470. The summed E-state index contributed by atoms with van der Waals surface area (Å²) in [5, 5.41) is 11.0. The minimum absolute atomic E-state index is 0.0367. The van der Waals surface area contributed by atoms with Crippen molar-refractivity contribution in [1.82, 2.24) is 19.6 Å². The highest BCUT2D eigenvalue weighted by Gasteiger charge is 2.25. The van der Waals surface area contributed by atoms with Gasteiger partial charge in [-0.05, 0) is 29.8 Å². The summed E-state index contributed by atoms with van der Waals surface area (Å²) >= 11 is 6.21. The summed E-state index contributed by atoms with van der Waals surface area (Å²) in [5.74, 6) is -1.50. The number of benzene rings is 2. The quantitative estimate of drug-likeness (QED) is 0.378. The predicted molar refractivity (Wildman–Crippen MR) is 134 cm³/mol. The molecular formula is C22H21ClFN7O4S. The van der Waals surface area contributed by atoms with Crippen LogP contribution in [0.2, 0.25) is 5.02 Å². The lowest BCUT2D eigenvalue weighted by Crippen LogP contribution is -2.34. The molecule has 2 heterocycles. The van der Waals surface area contributed by atoms with E-state index in [0.717, 1.165) is 10.6 Å². The zero-order valence-electron chi connectivity index (χ0n) is 19.1. The average molecular weight is 534 g/mol. The summed E-state index contributed by atoms with van der Waals surface area (Å²) in [4.78, 5) is 32.8. The molecule has 0 spiro atoms. The van der Waals surface area contributed by atoms with Gasteiger partial charge in [-0.3, -0.25) is 9.59 Å². The van der Waals surface area contributed by atoms with Gasteiger partial charge in [-0.1, -0.05) is 23.7 Å². The Balaban J connectivity index is 1.61. The highest BCUT2D eigenvalue weighted by Crippen LogP contribution is 2.30. The molecule has 0 saturated heterocycles. The maximum absolute atomic E-state index is 14.5. The third-order valence-electron chi connectivity index (χ3n) is 5.25. The second kappa shape index (κ2) is 10.0. The Kier molecular flexibility index (Phi) is 7.06. The number of carbonyl (C=O) groups excluding carboxylic acids is 2. The number of aromatic nitrogens is 2. The molecule has 0 atom stereocenters. The number of hydrogen-bond acceptors (Lipinski definition) is 8. The molecule has 14 heteroatoms. The number of fused-ring (bicyclic) bond motifs is 1. The highest BCUT2D eigenvalue weighted by atomic mass is 35.5. The predicted octanol–water partition coefficient (Wildman–Crippen LogP) is 2.83. The van der Waals surface area contributed by atoms with Crippen LogP contribution in [-0.2, 0) is 21.4 Å². The summed E-state index contributed by atoms with van der Waals surface area (Å²) in [5.41, 5.74) is 1.49. The molecule has 36 heavy (non-hydrogen) atoms. The van der Waals surface area contributed by atoms with E-state index in [1.165, 1.54) is 31.4 Å². The zero-order valence-corrected chi connectivity index (χ0v) is 20.7. The number of para-hydroxylation sites is 1. The van der Waals surface area contributed by atoms with Crippen LogP contribution >= 0.6 is 11.6 Å². The van der Waals surface area contributed by atoms with Gasteiger partial charge in [0.25, 0.3) is 5.91 Å². The maximum atomic E-state index is 14.5. The Morgan fingerprint density at radius 2 is 1.97 bits per heavy atom. The van der Waals surface area contributed by atoms with E-state index < -0.39 is 27.7 Å². The number of nitrogens with zero attached hydrogens (tertiary/aromatic N) is 3. The monoisotopic (exact) mass is 533 g/mol. The molecule has 1 aliphatic heterocycles. The van der Waals surface area contributed by atoms with Gasteiger partial charge in [0, 0.05) is 25.0 Å². The van der Waals surface area contributed by atoms with Crippen LogP contribution in [0.15, 0.2) is 42.6 Å². The molecule has 4 rings (SSSR count). The number of amides is 2. The smallest absolute Gasteiger partial charge is 0.253 e. The molecule has 0 radical (unpaired) electrons. The van der Waals surface area contributed by atoms with Crippen molar-refractivity contribution in [3.8, 4) is 0 Å². The van der Waals surface area contributed by atoms with Crippen molar-refractivity contribution in [3.05, 3.63) is 64.6 Å². The normalized spacial score (nSPS) is 13.8. The number of carbonyl (C=O) groups is 2. The number of sulfonamides is 1. The summed E-state index contributed by atoms with van der Waals surface area (Å²) < 4.78 is 39.5. The van der Waals surface area contributed by atoms with Gasteiger partial charge in [0.1, 0.15) is 10.8 Å². The SMILES string of the molecule is CNC(=O)c1cccc(F)c1Nc1nc(Nc2ccc3c(c2)NC(=O)CN(S(C)(=O)=O)C3)ncc1Cl. The molecule has 0 fully saturated rings. The Labute approximate surface area is 211 Å². The summed E-state index contributed by atoms with van der Waals surface area (Å²) in [7, 11) is -2.14.